The van der Waals surface area contributed by atoms with Crippen LogP contribution in [-0.4, -0.2) is 62.9 Å². The summed E-state index contributed by atoms with van der Waals surface area (Å²) in [6.07, 6.45) is -1.23. The van der Waals surface area contributed by atoms with Gasteiger partial charge >= 0.3 is 6.18 Å². The zero-order chi connectivity index (χ0) is 29.5. The van der Waals surface area contributed by atoms with Crippen LogP contribution < -0.4 is 10.6 Å². The quantitative estimate of drug-likeness (QED) is 0.411. The second-order valence-electron chi connectivity index (χ2n) is 10.9. The number of halogens is 4. The maximum atomic E-state index is 13.6. The molecule has 2 N–H and O–H groups in total. The molecule has 2 aromatic carbocycles. The van der Waals surface area contributed by atoms with Gasteiger partial charge in [-0.2, -0.15) is 23.3 Å². The molecule has 13 heteroatoms. The second kappa shape index (κ2) is 11.1. The molecule has 1 fully saturated rings. The average molecular weight is 605 g/mol. The SMILES string of the molecule is CC(C)(C)NC(=O)C1CN(C2=NC(=O)C(=Cc3ccc4c(cnn4Cc4ccc(Cl)cc4C(F)(F)F)c3)S2)CCN1. The summed E-state index contributed by atoms with van der Waals surface area (Å²) < 4.78 is 42.2. The first-order chi connectivity index (χ1) is 19.3. The topological polar surface area (TPSA) is 91.6 Å². The first-order valence-electron chi connectivity index (χ1n) is 12.9. The van der Waals surface area contributed by atoms with E-state index in [1.807, 2.05) is 31.7 Å². The van der Waals surface area contributed by atoms with Crippen molar-refractivity contribution in [1.82, 2.24) is 25.3 Å². The van der Waals surface area contributed by atoms with Crippen LogP contribution in [0.15, 0.2) is 52.5 Å². The van der Waals surface area contributed by atoms with E-state index in [2.05, 4.69) is 20.7 Å². The van der Waals surface area contributed by atoms with Crippen molar-refractivity contribution in [1.29, 1.82) is 0 Å². The summed E-state index contributed by atoms with van der Waals surface area (Å²) in [5.74, 6) is -0.468. The monoisotopic (exact) mass is 604 g/mol. The summed E-state index contributed by atoms with van der Waals surface area (Å²) in [5, 5.41) is 11.8. The van der Waals surface area contributed by atoms with E-state index in [4.69, 9.17) is 11.6 Å². The highest BCUT2D eigenvalue weighted by atomic mass is 35.5. The Morgan fingerprint density at radius 1 is 1.22 bits per heavy atom. The third-order valence-electron chi connectivity index (χ3n) is 6.53. The lowest BCUT2D eigenvalue weighted by atomic mass is 10.1. The van der Waals surface area contributed by atoms with Crippen LogP contribution in [0.2, 0.25) is 5.02 Å². The molecule has 2 amide bonds. The predicted molar refractivity (Wildman–Crippen MR) is 155 cm³/mol. The van der Waals surface area contributed by atoms with E-state index in [1.165, 1.54) is 28.6 Å². The zero-order valence-corrected chi connectivity index (χ0v) is 24.1. The Bertz CT molecular complexity index is 1580. The van der Waals surface area contributed by atoms with E-state index in [1.54, 1.807) is 24.4 Å². The average Bonchev–Trinajstić information content (AvgIpc) is 3.46. The van der Waals surface area contributed by atoms with Gasteiger partial charge in [0.15, 0.2) is 5.17 Å². The van der Waals surface area contributed by atoms with E-state index in [0.29, 0.717) is 40.6 Å². The molecule has 1 aromatic heterocycles. The Labute approximate surface area is 244 Å². The van der Waals surface area contributed by atoms with Crippen molar-refractivity contribution in [2.45, 2.75) is 45.1 Å². The predicted octanol–water partition coefficient (Wildman–Crippen LogP) is 4.92. The molecule has 41 heavy (non-hydrogen) atoms. The number of alkyl halides is 3. The molecule has 1 atom stereocenters. The number of amidine groups is 1. The number of thioether (sulfide) groups is 1. The fourth-order valence-corrected chi connectivity index (χ4v) is 5.79. The lowest BCUT2D eigenvalue weighted by Gasteiger charge is -2.35. The molecular weight excluding hydrogens is 577 g/mol. The van der Waals surface area contributed by atoms with Crippen LogP contribution >= 0.6 is 23.4 Å². The molecule has 3 aromatic rings. The van der Waals surface area contributed by atoms with Crippen molar-refractivity contribution < 1.29 is 22.8 Å². The van der Waals surface area contributed by atoms with E-state index in [-0.39, 0.29) is 34.5 Å². The van der Waals surface area contributed by atoms with Crippen molar-refractivity contribution in [3.63, 3.8) is 0 Å². The van der Waals surface area contributed by atoms with Crippen LogP contribution in [0.25, 0.3) is 17.0 Å². The number of carbonyl (C=O) groups is 2. The number of aliphatic imine (C=N–C) groups is 1. The first-order valence-corrected chi connectivity index (χ1v) is 14.1. The van der Waals surface area contributed by atoms with Crippen molar-refractivity contribution >= 4 is 57.3 Å². The molecule has 1 saturated heterocycles. The van der Waals surface area contributed by atoms with Crippen LogP contribution in [0.1, 0.15) is 37.5 Å². The molecule has 216 valence electrons. The summed E-state index contributed by atoms with van der Waals surface area (Å²) in [6.45, 7) is 7.26. The van der Waals surface area contributed by atoms with Crippen molar-refractivity contribution in [2.24, 2.45) is 4.99 Å². The van der Waals surface area contributed by atoms with Gasteiger partial charge in [0, 0.05) is 35.6 Å². The highest BCUT2D eigenvalue weighted by molar-refractivity contribution is 8.18. The number of hydrogen-bond acceptors (Lipinski definition) is 6. The Hall–Kier alpha value is -3.35. The summed E-state index contributed by atoms with van der Waals surface area (Å²) in [7, 11) is 0. The number of rotatable bonds is 4. The molecule has 1 unspecified atom stereocenters. The van der Waals surface area contributed by atoms with Gasteiger partial charge in [0.25, 0.3) is 5.91 Å². The molecule has 0 saturated carbocycles. The fraction of sp³-hybridized carbons (Fsp3) is 0.357. The summed E-state index contributed by atoms with van der Waals surface area (Å²) >= 11 is 7.06. The molecule has 0 aliphatic carbocycles. The second-order valence-corrected chi connectivity index (χ2v) is 12.4. The Kier molecular flexibility index (Phi) is 7.92. The molecule has 2 aliphatic heterocycles. The van der Waals surface area contributed by atoms with E-state index < -0.39 is 17.8 Å². The number of fused-ring (bicyclic) bond motifs is 1. The maximum absolute atomic E-state index is 13.6. The Balaban J connectivity index is 1.30. The molecule has 8 nitrogen and oxygen atoms in total. The third kappa shape index (κ3) is 6.77. The van der Waals surface area contributed by atoms with Gasteiger partial charge < -0.3 is 15.5 Å². The lowest BCUT2D eigenvalue weighted by Crippen LogP contribution is -2.60. The minimum atomic E-state index is -4.54. The van der Waals surface area contributed by atoms with Crippen LogP contribution in [0, 0.1) is 0 Å². The number of hydrogen-bond donors (Lipinski definition) is 2. The molecule has 0 radical (unpaired) electrons. The van der Waals surface area contributed by atoms with Gasteiger partial charge in [-0.3, -0.25) is 14.3 Å². The first kappa shape index (κ1) is 29.2. The van der Waals surface area contributed by atoms with Gasteiger partial charge in [0.05, 0.1) is 28.7 Å². The van der Waals surface area contributed by atoms with Gasteiger partial charge in [0.1, 0.15) is 6.04 Å². The number of carbonyl (C=O) groups excluding carboxylic acids is 2. The highest BCUT2D eigenvalue weighted by Gasteiger charge is 2.34. The van der Waals surface area contributed by atoms with Gasteiger partial charge in [-0.1, -0.05) is 23.7 Å². The number of benzene rings is 2. The van der Waals surface area contributed by atoms with Crippen molar-refractivity contribution in [3.8, 4) is 0 Å². The van der Waals surface area contributed by atoms with Crippen LogP contribution in [0.3, 0.4) is 0 Å². The molecular formula is C28H28ClF3N6O2S. The zero-order valence-electron chi connectivity index (χ0n) is 22.6. The van der Waals surface area contributed by atoms with Crippen LogP contribution in [0.5, 0.6) is 0 Å². The van der Waals surface area contributed by atoms with Gasteiger partial charge in [-0.25, -0.2) is 0 Å². The molecule has 3 heterocycles. The number of nitrogens with one attached hydrogen (secondary N) is 2. The largest absolute Gasteiger partial charge is 0.416 e. The molecule has 5 rings (SSSR count). The molecule has 2 aliphatic rings. The number of amides is 2. The normalized spacial score (nSPS) is 19.2. The number of aromatic nitrogens is 2. The lowest BCUT2D eigenvalue weighted by molar-refractivity contribution is -0.138. The smallest absolute Gasteiger partial charge is 0.350 e. The van der Waals surface area contributed by atoms with Gasteiger partial charge in [0.2, 0.25) is 5.91 Å². The van der Waals surface area contributed by atoms with Gasteiger partial charge in [-0.05, 0) is 74.0 Å². The van der Waals surface area contributed by atoms with E-state index in [9.17, 15) is 22.8 Å². The summed E-state index contributed by atoms with van der Waals surface area (Å²) in [5.41, 5.74) is 0.286. The molecule has 0 spiro atoms. The van der Waals surface area contributed by atoms with Crippen molar-refractivity contribution in [2.75, 3.05) is 19.6 Å². The standard InChI is InChI=1S/C28H28ClF3N6O2S/c1-27(2,3)36-24(39)21-15-37(9-8-33-21)26-35-25(40)23(41-26)11-16-4-7-22-18(10-16)13-34-38(22)14-17-5-6-19(29)12-20(17)28(30,31)32/h4-7,10-13,21,33H,8-9,14-15H2,1-3H3,(H,36,39). The fourth-order valence-electron chi connectivity index (χ4n) is 4.67. The number of piperazine rings is 1. The number of nitrogens with zero attached hydrogens (tertiary/aromatic N) is 4. The highest BCUT2D eigenvalue weighted by Crippen LogP contribution is 2.35. The van der Waals surface area contributed by atoms with Crippen LogP contribution in [0.4, 0.5) is 13.2 Å². The third-order valence-corrected chi connectivity index (χ3v) is 7.81. The maximum Gasteiger partial charge on any atom is 0.416 e. The minimum absolute atomic E-state index is 0.0124. The minimum Gasteiger partial charge on any atom is -0.350 e. The Morgan fingerprint density at radius 2 is 2.00 bits per heavy atom. The Morgan fingerprint density at radius 3 is 2.73 bits per heavy atom. The van der Waals surface area contributed by atoms with Crippen molar-refractivity contribution in [3.05, 3.63) is 69.2 Å². The van der Waals surface area contributed by atoms with Gasteiger partial charge in [-0.15, -0.1) is 0 Å². The van der Waals surface area contributed by atoms with E-state index in [0.717, 1.165) is 11.6 Å². The summed E-state index contributed by atoms with van der Waals surface area (Å²) in [4.78, 5) is 32.0. The molecule has 0 bridgehead atoms. The van der Waals surface area contributed by atoms with Crippen LogP contribution in [-0.2, 0) is 22.3 Å². The van der Waals surface area contributed by atoms with E-state index >= 15 is 0 Å². The summed E-state index contributed by atoms with van der Waals surface area (Å²) in [6, 6.07) is 8.64.